The average molecular weight is 212 g/mol. The van der Waals surface area contributed by atoms with E-state index in [1.807, 2.05) is 11.6 Å². The molecule has 0 radical (unpaired) electrons. The normalized spacial score (nSPS) is 15.8. The van der Waals surface area contributed by atoms with Gasteiger partial charge in [-0.1, -0.05) is 20.8 Å². The first-order valence-corrected chi connectivity index (χ1v) is 6.12. The first-order valence-electron chi connectivity index (χ1n) is 5.24. The average Bonchev–Trinajstić information content (AvgIpc) is 2.66. The van der Waals surface area contributed by atoms with Crippen LogP contribution in [0.5, 0.6) is 0 Å². The van der Waals surface area contributed by atoms with Crippen LogP contribution in [0.15, 0.2) is 11.6 Å². The van der Waals surface area contributed by atoms with Crippen molar-refractivity contribution < 1.29 is 0 Å². The Balaban J connectivity index is 2.32. The van der Waals surface area contributed by atoms with E-state index in [2.05, 4.69) is 38.0 Å². The van der Waals surface area contributed by atoms with Gasteiger partial charge in [0, 0.05) is 11.6 Å². The molecule has 80 valence electrons. The zero-order valence-electron chi connectivity index (χ0n) is 9.45. The minimum Gasteiger partial charge on any atom is -0.308 e. The van der Waals surface area contributed by atoms with Crippen LogP contribution in [0, 0.1) is 11.8 Å². The Morgan fingerprint density at radius 3 is 2.57 bits per heavy atom. The fourth-order valence-corrected chi connectivity index (χ4v) is 1.80. The minimum atomic E-state index is 0.385. The number of nitrogens with one attached hydrogen (secondary N) is 1. The van der Waals surface area contributed by atoms with E-state index in [1.54, 1.807) is 11.3 Å². The lowest BCUT2D eigenvalue weighted by atomic mass is 9.98. The summed E-state index contributed by atoms with van der Waals surface area (Å²) in [6, 6.07) is 0.385. The van der Waals surface area contributed by atoms with Crippen LogP contribution >= 0.6 is 11.3 Å². The van der Waals surface area contributed by atoms with E-state index in [0.717, 1.165) is 18.4 Å². The van der Waals surface area contributed by atoms with Gasteiger partial charge in [-0.05, 0) is 25.3 Å². The van der Waals surface area contributed by atoms with Crippen LogP contribution < -0.4 is 5.32 Å². The van der Waals surface area contributed by atoms with Gasteiger partial charge in [0.1, 0.15) is 5.01 Å². The summed E-state index contributed by atoms with van der Waals surface area (Å²) in [4.78, 5) is 4.29. The zero-order valence-corrected chi connectivity index (χ0v) is 10.3. The molecule has 0 bridgehead atoms. The van der Waals surface area contributed by atoms with Gasteiger partial charge in [-0.2, -0.15) is 0 Å². The lowest BCUT2D eigenvalue weighted by molar-refractivity contribution is 0.375. The first kappa shape index (κ1) is 11.7. The van der Waals surface area contributed by atoms with Crippen LogP contribution in [-0.2, 0) is 0 Å². The second-order valence-electron chi connectivity index (χ2n) is 4.22. The molecule has 0 aromatic carbocycles. The molecule has 0 fully saturated rings. The second kappa shape index (κ2) is 5.47. The maximum atomic E-state index is 4.29. The molecule has 0 saturated heterocycles. The number of nitrogens with zero attached hydrogens (tertiary/aromatic N) is 1. The highest BCUT2D eigenvalue weighted by atomic mass is 32.1. The summed E-state index contributed by atoms with van der Waals surface area (Å²) in [5.41, 5.74) is 0. The minimum absolute atomic E-state index is 0.385. The molecule has 1 heterocycles. The van der Waals surface area contributed by atoms with Gasteiger partial charge in [0.15, 0.2) is 0 Å². The molecule has 1 aromatic rings. The number of thiazole rings is 1. The molecule has 0 aliphatic carbocycles. The molecule has 1 N–H and O–H groups in total. The number of hydrogen-bond acceptors (Lipinski definition) is 3. The van der Waals surface area contributed by atoms with Crippen molar-refractivity contribution in [1.82, 2.24) is 10.3 Å². The van der Waals surface area contributed by atoms with Gasteiger partial charge in [0.25, 0.3) is 0 Å². The molecule has 2 nitrogen and oxygen atoms in total. The Kier molecular flexibility index (Phi) is 4.55. The Labute approximate surface area is 90.8 Å². The quantitative estimate of drug-likeness (QED) is 0.811. The van der Waals surface area contributed by atoms with Crippen molar-refractivity contribution in [2.75, 3.05) is 6.54 Å². The molecule has 3 heteroatoms. The molecular weight excluding hydrogens is 192 g/mol. The molecule has 2 atom stereocenters. The zero-order chi connectivity index (χ0) is 10.6. The van der Waals surface area contributed by atoms with E-state index in [1.165, 1.54) is 5.01 Å². The molecule has 0 aliphatic rings. The van der Waals surface area contributed by atoms with Gasteiger partial charge in [-0.15, -0.1) is 11.3 Å². The molecule has 0 aliphatic heterocycles. The smallest absolute Gasteiger partial charge is 0.109 e. The van der Waals surface area contributed by atoms with E-state index in [0.29, 0.717) is 6.04 Å². The maximum absolute atomic E-state index is 4.29. The standard InChI is InChI=1S/C11H20N2S/c1-8(2)9(3)7-13-10(4)11-12-5-6-14-11/h5-6,8-10,13H,7H2,1-4H3. The fourth-order valence-electron chi connectivity index (χ4n) is 1.13. The van der Waals surface area contributed by atoms with Crippen molar-refractivity contribution in [3.05, 3.63) is 16.6 Å². The van der Waals surface area contributed by atoms with Crippen molar-refractivity contribution in [3.63, 3.8) is 0 Å². The molecule has 0 saturated carbocycles. The van der Waals surface area contributed by atoms with Crippen LogP contribution in [0.1, 0.15) is 38.7 Å². The van der Waals surface area contributed by atoms with Gasteiger partial charge in [-0.25, -0.2) is 4.98 Å². The Morgan fingerprint density at radius 2 is 2.07 bits per heavy atom. The summed E-state index contributed by atoms with van der Waals surface area (Å²) in [5.74, 6) is 1.46. The Bertz CT molecular complexity index is 244. The molecule has 2 unspecified atom stereocenters. The largest absolute Gasteiger partial charge is 0.308 e. The third kappa shape index (κ3) is 3.39. The molecular formula is C11H20N2S. The summed E-state index contributed by atoms with van der Waals surface area (Å²) in [6.07, 6.45) is 1.87. The lowest BCUT2D eigenvalue weighted by Gasteiger charge is -2.18. The SMILES string of the molecule is CC(NCC(C)C(C)C)c1nccs1. The lowest BCUT2D eigenvalue weighted by Crippen LogP contribution is -2.26. The molecule has 1 rings (SSSR count). The number of aromatic nitrogens is 1. The summed E-state index contributed by atoms with van der Waals surface area (Å²) in [7, 11) is 0. The summed E-state index contributed by atoms with van der Waals surface area (Å²) >= 11 is 1.72. The number of hydrogen-bond donors (Lipinski definition) is 1. The van der Waals surface area contributed by atoms with Crippen molar-refractivity contribution in [2.45, 2.75) is 33.7 Å². The van der Waals surface area contributed by atoms with E-state index >= 15 is 0 Å². The van der Waals surface area contributed by atoms with E-state index in [-0.39, 0.29) is 0 Å². The van der Waals surface area contributed by atoms with Crippen molar-refractivity contribution in [3.8, 4) is 0 Å². The van der Waals surface area contributed by atoms with Crippen LogP contribution in [0.25, 0.3) is 0 Å². The van der Waals surface area contributed by atoms with Crippen LogP contribution in [-0.4, -0.2) is 11.5 Å². The van der Waals surface area contributed by atoms with Gasteiger partial charge in [-0.3, -0.25) is 0 Å². The van der Waals surface area contributed by atoms with Gasteiger partial charge >= 0.3 is 0 Å². The molecule has 0 amide bonds. The van der Waals surface area contributed by atoms with Gasteiger partial charge in [0.05, 0.1) is 6.04 Å². The molecule has 14 heavy (non-hydrogen) atoms. The van der Waals surface area contributed by atoms with Crippen molar-refractivity contribution >= 4 is 11.3 Å². The van der Waals surface area contributed by atoms with Gasteiger partial charge < -0.3 is 5.32 Å². The van der Waals surface area contributed by atoms with Crippen LogP contribution in [0.3, 0.4) is 0 Å². The maximum Gasteiger partial charge on any atom is 0.109 e. The highest BCUT2D eigenvalue weighted by Crippen LogP contribution is 2.16. The van der Waals surface area contributed by atoms with Crippen LogP contribution in [0.2, 0.25) is 0 Å². The summed E-state index contributed by atoms with van der Waals surface area (Å²) in [5, 5.41) is 6.72. The molecule has 1 aromatic heterocycles. The highest BCUT2D eigenvalue weighted by Gasteiger charge is 2.11. The fraction of sp³-hybridized carbons (Fsp3) is 0.727. The predicted molar refractivity (Wildman–Crippen MR) is 62.5 cm³/mol. The Hall–Kier alpha value is -0.410. The Morgan fingerprint density at radius 1 is 1.36 bits per heavy atom. The van der Waals surface area contributed by atoms with Gasteiger partial charge in [0.2, 0.25) is 0 Å². The van der Waals surface area contributed by atoms with E-state index < -0.39 is 0 Å². The van der Waals surface area contributed by atoms with E-state index in [4.69, 9.17) is 0 Å². The second-order valence-corrected chi connectivity index (χ2v) is 5.15. The predicted octanol–water partition coefficient (Wildman–Crippen LogP) is 3.09. The highest BCUT2D eigenvalue weighted by molar-refractivity contribution is 7.09. The number of rotatable bonds is 5. The third-order valence-electron chi connectivity index (χ3n) is 2.71. The summed E-state index contributed by atoms with van der Waals surface area (Å²) in [6.45, 7) is 10.1. The monoisotopic (exact) mass is 212 g/mol. The van der Waals surface area contributed by atoms with E-state index in [9.17, 15) is 0 Å². The summed E-state index contributed by atoms with van der Waals surface area (Å²) < 4.78 is 0. The molecule has 0 spiro atoms. The topological polar surface area (TPSA) is 24.9 Å². The third-order valence-corrected chi connectivity index (χ3v) is 3.66. The first-order chi connectivity index (χ1) is 6.61. The van der Waals surface area contributed by atoms with Crippen LogP contribution in [0.4, 0.5) is 0 Å². The van der Waals surface area contributed by atoms with Crippen molar-refractivity contribution in [2.24, 2.45) is 11.8 Å². The van der Waals surface area contributed by atoms with Crippen molar-refractivity contribution in [1.29, 1.82) is 0 Å².